The number of aryl methyl sites for hydroxylation is 1. The molecule has 138 valence electrons. The molecule has 0 unspecified atom stereocenters. The lowest BCUT2D eigenvalue weighted by Crippen LogP contribution is -2.49. The average molecular weight is 377 g/mol. The molecule has 0 N–H and O–H groups in total. The second kappa shape index (κ2) is 7.58. The third-order valence-corrected chi connectivity index (χ3v) is 4.74. The van der Waals surface area contributed by atoms with Crippen LogP contribution in [0.1, 0.15) is 41.6 Å². The van der Waals surface area contributed by atoms with Gasteiger partial charge >= 0.3 is 0 Å². The maximum absolute atomic E-state index is 13.2. The van der Waals surface area contributed by atoms with Gasteiger partial charge in [0, 0.05) is 43.9 Å². The number of benzene rings is 1. The minimum absolute atomic E-state index is 0.144. The summed E-state index contributed by atoms with van der Waals surface area (Å²) in [7, 11) is 0. The van der Waals surface area contributed by atoms with E-state index in [2.05, 4.69) is 28.7 Å². The maximum Gasteiger partial charge on any atom is 0.255 e. The Balaban J connectivity index is 1.70. The standard InChI is InChI=1S/C19H22ClFN4O/c1-12(2)18-22-13(3)10-17(23-18)24-6-8-25(9-7-24)19(26)15-5-4-14(21)11-16(15)20/h4-5,10-12H,6-9H2,1-3H3. The summed E-state index contributed by atoms with van der Waals surface area (Å²) in [4.78, 5) is 25.7. The molecule has 0 spiro atoms. The Morgan fingerprint density at radius 1 is 1.15 bits per heavy atom. The van der Waals surface area contributed by atoms with E-state index in [1.165, 1.54) is 18.2 Å². The van der Waals surface area contributed by atoms with Crippen molar-refractivity contribution in [2.75, 3.05) is 31.1 Å². The van der Waals surface area contributed by atoms with Crippen molar-refractivity contribution in [2.45, 2.75) is 26.7 Å². The highest BCUT2D eigenvalue weighted by Crippen LogP contribution is 2.22. The summed E-state index contributed by atoms with van der Waals surface area (Å²) < 4.78 is 13.2. The van der Waals surface area contributed by atoms with Gasteiger partial charge < -0.3 is 9.80 Å². The van der Waals surface area contributed by atoms with Crippen molar-refractivity contribution in [3.63, 3.8) is 0 Å². The summed E-state index contributed by atoms with van der Waals surface area (Å²) in [6.45, 7) is 8.59. The van der Waals surface area contributed by atoms with Crippen molar-refractivity contribution in [3.05, 3.63) is 52.2 Å². The number of halogens is 2. The lowest BCUT2D eigenvalue weighted by atomic mass is 10.1. The van der Waals surface area contributed by atoms with E-state index in [1.807, 2.05) is 13.0 Å². The van der Waals surface area contributed by atoms with E-state index in [9.17, 15) is 9.18 Å². The Morgan fingerprint density at radius 3 is 2.46 bits per heavy atom. The van der Waals surface area contributed by atoms with Crippen molar-refractivity contribution in [1.82, 2.24) is 14.9 Å². The summed E-state index contributed by atoms with van der Waals surface area (Å²) in [6.07, 6.45) is 0. The van der Waals surface area contributed by atoms with Crippen LogP contribution in [-0.2, 0) is 0 Å². The maximum atomic E-state index is 13.2. The quantitative estimate of drug-likeness (QED) is 0.820. The largest absolute Gasteiger partial charge is 0.353 e. The molecule has 1 saturated heterocycles. The Kier molecular flexibility index (Phi) is 5.41. The van der Waals surface area contributed by atoms with Crippen LogP contribution in [-0.4, -0.2) is 47.0 Å². The van der Waals surface area contributed by atoms with Crippen molar-refractivity contribution < 1.29 is 9.18 Å². The number of carbonyl (C=O) groups is 1. The first-order valence-corrected chi connectivity index (χ1v) is 9.08. The molecule has 0 bridgehead atoms. The van der Waals surface area contributed by atoms with Gasteiger partial charge in [-0.25, -0.2) is 14.4 Å². The van der Waals surface area contributed by atoms with Gasteiger partial charge in [0.15, 0.2) is 0 Å². The molecule has 2 heterocycles. The van der Waals surface area contributed by atoms with Crippen LogP contribution in [0.15, 0.2) is 24.3 Å². The molecule has 1 aromatic heterocycles. The van der Waals surface area contributed by atoms with Gasteiger partial charge in [-0.15, -0.1) is 0 Å². The fourth-order valence-electron chi connectivity index (χ4n) is 2.97. The van der Waals surface area contributed by atoms with Gasteiger partial charge in [-0.05, 0) is 25.1 Å². The monoisotopic (exact) mass is 376 g/mol. The molecule has 1 aromatic carbocycles. The average Bonchev–Trinajstić information content (AvgIpc) is 2.61. The molecule has 7 heteroatoms. The van der Waals surface area contributed by atoms with E-state index in [-0.39, 0.29) is 16.8 Å². The van der Waals surface area contributed by atoms with Gasteiger partial charge in [0.05, 0.1) is 10.6 Å². The Labute approximate surface area is 157 Å². The van der Waals surface area contributed by atoms with Crippen LogP contribution in [0.4, 0.5) is 10.2 Å². The molecule has 1 amide bonds. The third-order valence-electron chi connectivity index (χ3n) is 4.43. The molecular formula is C19H22ClFN4O. The van der Waals surface area contributed by atoms with Crippen LogP contribution in [0.25, 0.3) is 0 Å². The van der Waals surface area contributed by atoms with Crippen molar-refractivity contribution in [1.29, 1.82) is 0 Å². The number of nitrogens with zero attached hydrogens (tertiary/aromatic N) is 4. The smallest absolute Gasteiger partial charge is 0.255 e. The van der Waals surface area contributed by atoms with E-state index in [0.717, 1.165) is 17.3 Å². The number of hydrogen-bond donors (Lipinski definition) is 0. The van der Waals surface area contributed by atoms with Crippen LogP contribution in [0, 0.1) is 12.7 Å². The molecule has 2 aromatic rings. The van der Waals surface area contributed by atoms with Gasteiger partial charge in [0.25, 0.3) is 5.91 Å². The molecule has 1 aliphatic heterocycles. The second-order valence-electron chi connectivity index (χ2n) is 6.78. The first kappa shape index (κ1) is 18.6. The van der Waals surface area contributed by atoms with Gasteiger partial charge in [-0.3, -0.25) is 4.79 Å². The highest BCUT2D eigenvalue weighted by Gasteiger charge is 2.25. The molecule has 0 saturated carbocycles. The second-order valence-corrected chi connectivity index (χ2v) is 7.19. The van der Waals surface area contributed by atoms with Gasteiger partial charge in [-0.2, -0.15) is 0 Å². The predicted octanol–water partition coefficient (Wildman–Crippen LogP) is 3.66. The summed E-state index contributed by atoms with van der Waals surface area (Å²) >= 11 is 6.02. The van der Waals surface area contributed by atoms with Crippen LogP contribution >= 0.6 is 11.6 Å². The Bertz CT molecular complexity index is 819. The molecule has 1 fully saturated rings. The Morgan fingerprint density at radius 2 is 1.85 bits per heavy atom. The molecule has 0 aliphatic carbocycles. The minimum Gasteiger partial charge on any atom is -0.353 e. The number of aromatic nitrogens is 2. The first-order valence-electron chi connectivity index (χ1n) is 8.70. The van der Waals surface area contributed by atoms with Gasteiger partial charge in [0.2, 0.25) is 0 Å². The van der Waals surface area contributed by atoms with E-state index < -0.39 is 5.82 Å². The molecule has 1 aliphatic rings. The third kappa shape index (κ3) is 3.96. The number of piperazine rings is 1. The van der Waals surface area contributed by atoms with Crippen molar-refractivity contribution >= 4 is 23.3 Å². The lowest BCUT2D eigenvalue weighted by molar-refractivity contribution is 0.0746. The van der Waals surface area contributed by atoms with Crippen LogP contribution < -0.4 is 4.90 Å². The molecule has 3 rings (SSSR count). The van der Waals surface area contributed by atoms with Crippen molar-refractivity contribution in [3.8, 4) is 0 Å². The Hall–Kier alpha value is -2.21. The summed E-state index contributed by atoms with van der Waals surface area (Å²) in [6, 6.07) is 5.84. The fraction of sp³-hybridized carbons (Fsp3) is 0.421. The number of anilines is 1. The normalized spacial score (nSPS) is 14.8. The first-order chi connectivity index (χ1) is 12.3. The fourth-order valence-corrected chi connectivity index (χ4v) is 3.21. The number of carbonyl (C=O) groups excluding carboxylic acids is 1. The van der Waals surface area contributed by atoms with Gasteiger partial charge in [0.1, 0.15) is 17.5 Å². The van der Waals surface area contributed by atoms with Gasteiger partial charge in [-0.1, -0.05) is 25.4 Å². The number of rotatable bonds is 3. The highest BCUT2D eigenvalue weighted by atomic mass is 35.5. The predicted molar refractivity (Wildman–Crippen MR) is 100 cm³/mol. The molecule has 26 heavy (non-hydrogen) atoms. The summed E-state index contributed by atoms with van der Waals surface area (Å²) in [5.41, 5.74) is 1.27. The number of amides is 1. The topological polar surface area (TPSA) is 49.3 Å². The molecule has 0 atom stereocenters. The zero-order valence-corrected chi connectivity index (χ0v) is 15.9. The van der Waals surface area contributed by atoms with E-state index in [4.69, 9.17) is 11.6 Å². The summed E-state index contributed by atoms with van der Waals surface area (Å²) in [5, 5.41) is 0.144. The van der Waals surface area contributed by atoms with E-state index in [1.54, 1.807) is 4.90 Å². The van der Waals surface area contributed by atoms with Crippen LogP contribution in [0.2, 0.25) is 5.02 Å². The van der Waals surface area contributed by atoms with E-state index >= 15 is 0 Å². The number of hydrogen-bond acceptors (Lipinski definition) is 4. The zero-order chi connectivity index (χ0) is 18.8. The zero-order valence-electron chi connectivity index (χ0n) is 15.2. The molecule has 0 radical (unpaired) electrons. The highest BCUT2D eigenvalue weighted by molar-refractivity contribution is 6.33. The van der Waals surface area contributed by atoms with Crippen LogP contribution in [0.3, 0.4) is 0 Å². The summed E-state index contributed by atoms with van der Waals surface area (Å²) in [5.74, 6) is 1.37. The van der Waals surface area contributed by atoms with E-state index in [0.29, 0.717) is 31.7 Å². The lowest BCUT2D eigenvalue weighted by Gasteiger charge is -2.35. The molecular weight excluding hydrogens is 355 g/mol. The molecule has 5 nitrogen and oxygen atoms in total. The van der Waals surface area contributed by atoms with Crippen LogP contribution in [0.5, 0.6) is 0 Å². The van der Waals surface area contributed by atoms with Crippen molar-refractivity contribution in [2.24, 2.45) is 0 Å². The SMILES string of the molecule is Cc1cc(N2CCN(C(=O)c3ccc(F)cc3Cl)CC2)nc(C(C)C)n1. The minimum atomic E-state index is -0.448.